The maximum absolute atomic E-state index is 13.8. The Morgan fingerprint density at radius 1 is 0.971 bits per heavy atom. The molecule has 5 nitrogen and oxygen atoms in total. The van der Waals surface area contributed by atoms with E-state index in [-0.39, 0.29) is 17.7 Å². The first-order chi connectivity index (χ1) is 16.4. The topological polar surface area (TPSA) is 66.8 Å². The molecule has 5 rings (SSSR count). The van der Waals surface area contributed by atoms with Gasteiger partial charge >= 0.3 is 5.97 Å². The molecule has 0 radical (unpaired) electrons. The van der Waals surface area contributed by atoms with E-state index in [1.54, 1.807) is 18.2 Å². The van der Waals surface area contributed by atoms with E-state index in [0.29, 0.717) is 27.9 Å². The molecule has 3 aromatic carbocycles. The predicted molar refractivity (Wildman–Crippen MR) is 131 cm³/mol. The Morgan fingerprint density at radius 2 is 1.71 bits per heavy atom. The van der Waals surface area contributed by atoms with Crippen molar-refractivity contribution in [3.8, 4) is 5.75 Å². The Balaban J connectivity index is 1.51. The molecule has 3 atom stereocenters. The van der Waals surface area contributed by atoms with Gasteiger partial charge in [0.25, 0.3) is 0 Å². The number of carboxylic acids is 1. The lowest BCUT2D eigenvalue weighted by Crippen LogP contribution is -2.41. The molecule has 1 fully saturated rings. The van der Waals surface area contributed by atoms with Crippen molar-refractivity contribution in [2.24, 2.45) is 5.92 Å². The van der Waals surface area contributed by atoms with Gasteiger partial charge in [-0.15, -0.1) is 0 Å². The summed E-state index contributed by atoms with van der Waals surface area (Å²) in [5.74, 6) is -0.497. The van der Waals surface area contributed by atoms with Crippen molar-refractivity contribution in [1.29, 1.82) is 0 Å². The second-order valence-corrected chi connectivity index (χ2v) is 9.62. The Kier molecular flexibility index (Phi) is 6.24. The number of nitrogens with zero attached hydrogens (tertiary/aromatic N) is 1. The van der Waals surface area contributed by atoms with E-state index in [4.69, 9.17) is 33.0 Å². The van der Waals surface area contributed by atoms with Crippen molar-refractivity contribution in [1.82, 2.24) is 4.90 Å². The van der Waals surface area contributed by atoms with E-state index in [1.165, 1.54) is 0 Å². The molecule has 1 aliphatic carbocycles. The molecule has 0 aromatic heterocycles. The van der Waals surface area contributed by atoms with Gasteiger partial charge in [0.1, 0.15) is 5.75 Å². The van der Waals surface area contributed by atoms with Crippen LogP contribution < -0.4 is 4.74 Å². The number of ether oxygens (including phenoxy) is 1. The zero-order valence-electron chi connectivity index (χ0n) is 18.3. The Hall–Kier alpha value is -3.02. The number of rotatable bonds is 6. The predicted octanol–water partition coefficient (Wildman–Crippen LogP) is 5.73. The van der Waals surface area contributed by atoms with Gasteiger partial charge in [-0.3, -0.25) is 4.79 Å². The van der Waals surface area contributed by atoms with Crippen LogP contribution in [0.25, 0.3) is 0 Å². The molecule has 0 spiro atoms. The summed E-state index contributed by atoms with van der Waals surface area (Å²) in [6.45, 7) is 0.0907. The number of amides is 1. The fourth-order valence-electron chi connectivity index (χ4n) is 4.90. The van der Waals surface area contributed by atoms with Crippen LogP contribution in [-0.2, 0) is 16.0 Å². The highest BCUT2D eigenvalue weighted by Gasteiger charge is 2.48. The molecule has 2 aliphatic rings. The zero-order chi connectivity index (χ0) is 23.8. The Bertz CT molecular complexity index is 1240. The van der Waals surface area contributed by atoms with Gasteiger partial charge in [-0.05, 0) is 65.8 Å². The highest BCUT2D eigenvalue weighted by molar-refractivity contribution is 6.30. The largest absolute Gasteiger partial charge is 0.482 e. The maximum atomic E-state index is 13.8. The van der Waals surface area contributed by atoms with Gasteiger partial charge in [-0.1, -0.05) is 59.6 Å². The number of carbonyl (C=O) groups is 2. The van der Waals surface area contributed by atoms with Crippen LogP contribution in [0.4, 0.5) is 0 Å². The average Bonchev–Trinajstić information content (AvgIpc) is 3.63. The number of hydrogen-bond acceptors (Lipinski definition) is 3. The van der Waals surface area contributed by atoms with Crippen molar-refractivity contribution in [3.63, 3.8) is 0 Å². The lowest BCUT2D eigenvalue weighted by atomic mass is 9.87. The first-order valence-electron chi connectivity index (χ1n) is 11.2. The minimum atomic E-state index is -1.07. The second-order valence-electron chi connectivity index (χ2n) is 8.75. The number of hydrogen-bond donors (Lipinski definition) is 1. The molecular weight excluding hydrogens is 473 g/mol. The van der Waals surface area contributed by atoms with Crippen molar-refractivity contribution < 1.29 is 19.4 Å². The van der Waals surface area contributed by atoms with Crippen LogP contribution in [0.1, 0.15) is 40.6 Å². The molecule has 3 unspecified atom stereocenters. The summed E-state index contributed by atoms with van der Waals surface area (Å²) in [6, 6.07) is 20.4. The lowest BCUT2D eigenvalue weighted by Gasteiger charge is -2.38. The van der Waals surface area contributed by atoms with Gasteiger partial charge in [0.2, 0.25) is 5.91 Å². The molecule has 1 aliphatic heterocycles. The third-order valence-electron chi connectivity index (χ3n) is 6.59. The van der Waals surface area contributed by atoms with Crippen LogP contribution in [0.15, 0.2) is 66.7 Å². The van der Waals surface area contributed by atoms with Crippen LogP contribution in [0.3, 0.4) is 0 Å². The number of aliphatic carboxylic acids is 1. The minimum Gasteiger partial charge on any atom is -0.482 e. The van der Waals surface area contributed by atoms with Gasteiger partial charge < -0.3 is 14.7 Å². The van der Waals surface area contributed by atoms with Crippen LogP contribution in [0, 0.1) is 5.92 Å². The van der Waals surface area contributed by atoms with Gasteiger partial charge in [-0.25, -0.2) is 4.79 Å². The molecule has 1 heterocycles. The first-order valence-corrected chi connectivity index (χ1v) is 12.0. The number of carboxylic acid groups (broad SMARTS) is 1. The quantitative estimate of drug-likeness (QED) is 0.473. The summed E-state index contributed by atoms with van der Waals surface area (Å²) >= 11 is 12.4. The molecule has 0 bridgehead atoms. The van der Waals surface area contributed by atoms with Crippen LogP contribution in [0.2, 0.25) is 10.0 Å². The van der Waals surface area contributed by atoms with E-state index in [0.717, 1.165) is 29.5 Å². The normalized spacial score (nSPS) is 21.0. The molecular formula is C27H23Cl2NO4. The van der Waals surface area contributed by atoms with Crippen molar-refractivity contribution in [3.05, 3.63) is 99.0 Å². The van der Waals surface area contributed by atoms with E-state index >= 15 is 0 Å². The number of benzene rings is 3. The zero-order valence-corrected chi connectivity index (χ0v) is 19.8. The highest BCUT2D eigenvalue weighted by atomic mass is 35.5. The average molecular weight is 496 g/mol. The van der Waals surface area contributed by atoms with E-state index in [9.17, 15) is 9.59 Å². The summed E-state index contributed by atoms with van der Waals surface area (Å²) in [5, 5.41) is 10.3. The van der Waals surface area contributed by atoms with Gasteiger partial charge in [0, 0.05) is 28.1 Å². The van der Waals surface area contributed by atoms with Gasteiger partial charge in [0.15, 0.2) is 6.61 Å². The Labute approximate surface area is 207 Å². The van der Waals surface area contributed by atoms with Crippen LogP contribution in [0.5, 0.6) is 5.75 Å². The standard InChI is InChI=1S/C27H23Cl2NO4/c28-18-7-5-17(6-8-18)21-14-22(21)27(33)30-12-11-16-3-1-2-4-20(16)26(30)23-13-19(29)9-10-24(23)34-15-25(31)32/h1-10,13,21-22,26H,11-12,14-15H2,(H,31,32). The number of fused-ring (bicyclic) bond motifs is 1. The van der Waals surface area contributed by atoms with Crippen molar-refractivity contribution in [2.45, 2.75) is 24.8 Å². The summed E-state index contributed by atoms with van der Waals surface area (Å²) in [4.78, 5) is 26.9. The summed E-state index contributed by atoms with van der Waals surface area (Å²) in [6.07, 6.45) is 1.55. The third kappa shape index (κ3) is 4.50. The smallest absolute Gasteiger partial charge is 0.341 e. The van der Waals surface area contributed by atoms with Crippen LogP contribution in [-0.4, -0.2) is 35.0 Å². The molecule has 1 N–H and O–H groups in total. The molecule has 1 saturated carbocycles. The fraction of sp³-hybridized carbons (Fsp3) is 0.259. The third-order valence-corrected chi connectivity index (χ3v) is 7.08. The Morgan fingerprint density at radius 3 is 2.47 bits per heavy atom. The van der Waals surface area contributed by atoms with Gasteiger partial charge in [-0.2, -0.15) is 0 Å². The minimum absolute atomic E-state index is 0.0867. The lowest BCUT2D eigenvalue weighted by molar-refractivity contribution is -0.139. The fourth-order valence-corrected chi connectivity index (χ4v) is 5.21. The SMILES string of the molecule is O=C(O)COc1ccc(Cl)cc1C1c2ccccc2CCN1C(=O)C1CC1c1ccc(Cl)cc1. The molecule has 1 amide bonds. The summed E-state index contributed by atoms with van der Waals surface area (Å²) in [5.41, 5.74) is 3.97. The highest BCUT2D eigenvalue weighted by Crippen LogP contribution is 2.51. The van der Waals surface area contributed by atoms with E-state index in [2.05, 4.69) is 6.07 Å². The number of halogens is 2. The molecule has 34 heavy (non-hydrogen) atoms. The molecule has 7 heteroatoms. The first kappa shape index (κ1) is 22.8. The van der Waals surface area contributed by atoms with E-state index in [1.807, 2.05) is 47.4 Å². The van der Waals surface area contributed by atoms with Gasteiger partial charge in [0.05, 0.1) is 6.04 Å². The van der Waals surface area contributed by atoms with Crippen molar-refractivity contribution >= 4 is 35.1 Å². The molecule has 174 valence electrons. The second kappa shape index (κ2) is 9.32. The number of carbonyl (C=O) groups excluding carboxylic acids is 1. The molecule has 0 saturated heterocycles. The summed E-state index contributed by atoms with van der Waals surface area (Å²) < 4.78 is 5.62. The van der Waals surface area contributed by atoms with E-state index < -0.39 is 18.6 Å². The monoisotopic (exact) mass is 495 g/mol. The maximum Gasteiger partial charge on any atom is 0.341 e. The summed E-state index contributed by atoms with van der Waals surface area (Å²) in [7, 11) is 0. The van der Waals surface area contributed by atoms with Crippen LogP contribution >= 0.6 is 23.2 Å². The van der Waals surface area contributed by atoms with Crippen molar-refractivity contribution in [2.75, 3.05) is 13.2 Å². The molecule has 3 aromatic rings.